The average Bonchev–Trinajstić information content (AvgIpc) is 3.32. The zero-order chi connectivity index (χ0) is 23.3. The number of aryl methyl sites for hydroxylation is 1. The van der Waals surface area contributed by atoms with Gasteiger partial charge in [0.15, 0.2) is 0 Å². The molecule has 0 spiro atoms. The van der Waals surface area contributed by atoms with Gasteiger partial charge in [-0.3, -0.25) is 9.69 Å². The van der Waals surface area contributed by atoms with Crippen molar-refractivity contribution in [3.8, 4) is 5.75 Å². The van der Waals surface area contributed by atoms with Crippen LogP contribution in [-0.4, -0.2) is 74.4 Å². The van der Waals surface area contributed by atoms with Crippen LogP contribution in [0.2, 0.25) is 0 Å². The monoisotopic (exact) mass is 470 g/mol. The molecule has 1 saturated carbocycles. The molecule has 0 aromatic carbocycles. The van der Waals surface area contributed by atoms with Crippen LogP contribution in [0.15, 0.2) is 6.07 Å². The highest BCUT2D eigenvalue weighted by Crippen LogP contribution is 2.34. The van der Waals surface area contributed by atoms with E-state index < -0.39 is 0 Å². The van der Waals surface area contributed by atoms with E-state index in [2.05, 4.69) is 28.1 Å². The lowest BCUT2D eigenvalue weighted by Crippen LogP contribution is -2.47. The second-order valence-corrected chi connectivity index (χ2v) is 10.8. The average molecular weight is 471 g/mol. The minimum absolute atomic E-state index is 0.258. The molecule has 1 aromatic heterocycles. The summed E-state index contributed by atoms with van der Waals surface area (Å²) in [5.41, 5.74) is 2.35. The molecule has 0 atom stereocenters. The fourth-order valence-electron chi connectivity index (χ4n) is 6.19. The van der Waals surface area contributed by atoms with E-state index in [1.165, 1.54) is 31.4 Å². The molecule has 5 rings (SSSR count). The number of amides is 1. The lowest BCUT2D eigenvalue weighted by molar-refractivity contribution is -0.123. The van der Waals surface area contributed by atoms with Gasteiger partial charge in [0, 0.05) is 75.6 Å². The van der Waals surface area contributed by atoms with Gasteiger partial charge in [0.25, 0.3) is 0 Å². The molecule has 7 heteroatoms. The van der Waals surface area contributed by atoms with Gasteiger partial charge in [-0.2, -0.15) is 0 Å². The Kier molecular flexibility index (Phi) is 7.90. The van der Waals surface area contributed by atoms with Gasteiger partial charge in [-0.1, -0.05) is 0 Å². The van der Waals surface area contributed by atoms with Gasteiger partial charge in [-0.05, 0) is 70.3 Å². The molecule has 0 unspecified atom stereocenters. The second kappa shape index (κ2) is 11.3. The highest BCUT2D eigenvalue weighted by Gasteiger charge is 2.27. The van der Waals surface area contributed by atoms with Gasteiger partial charge in [0.1, 0.15) is 11.6 Å². The van der Waals surface area contributed by atoms with Crippen LogP contribution in [0.25, 0.3) is 0 Å². The molecule has 3 fully saturated rings. The third kappa shape index (κ3) is 6.03. The Morgan fingerprint density at radius 1 is 1.03 bits per heavy atom. The van der Waals surface area contributed by atoms with Gasteiger partial charge in [-0.25, -0.2) is 4.98 Å². The fraction of sp³-hybridized carbons (Fsp3) is 0.778. The van der Waals surface area contributed by atoms with Gasteiger partial charge < -0.3 is 19.7 Å². The minimum atomic E-state index is 0.258. The molecule has 1 aliphatic carbocycles. The first-order chi connectivity index (χ1) is 16.6. The summed E-state index contributed by atoms with van der Waals surface area (Å²) in [7, 11) is 0. The molecule has 0 radical (unpaired) electrons. The summed E-state index contributed by atoms with van der Waals surface area (Å²) in [6, 6.07) is 2.47. The van der Waals surface area contributed by atoms with E-state index in [1.54, 1.807) is 0 Å². The maximum atomic E-state index is 12.4. The smallest absolute Gasteiger partial charge is 0.220 e. The zero-order valence-electron chi connectivity index (χ0n) is 20.9. The number of fused-ring (bicyclic) bond motifs is 1. The van der Waals surface area contributed by atoms with Crippen LogP contribution in [0.5, 0.6) is 5.75 Å². The highest BCUT2D eigenvalue weighted by atomic mass is 16.5. The minimum Gasteiger partial charge on any atom is -0.493 e. The number of aromatic nitrogens is 1. The SMILES string of the molecule is Cc1cc2c(c(N3CCN(CCC4CCC(NC(=O)CC5CCOCC5)CC4)CC3)n1)CCO2. The highest BCUT2D eigenvalue weighted by molar-refractivity contribution is 5.76. The summed E-state index contributed by atoms with van der Waals surface area (Å²) in [4.78, 5) is 22.4. The van der Waals surface area contributed by atoms with Gasteiger partial charge in [0.05, 0.1) is 6.61 Å². The Morgan fingerprint density at radius 2 is 1.79 bits per heavy atom. The quantitative estimate of drug-likeness (QED) is 0.659. The van der Waals surface area contributed by atoms with Crippen LogP contribution >= 0.6 is 0 Å². The lowest BCUT2D eigenvalue weighted by Gasteiger charge is -2.37. The van der Waals surface area contributed by atoms with Crippen LogP contribution < -0.4 is 15.0 Å². The molecule has 0 bridgehead atoms. The maximum absolute atomic E-state index is 12.4. The predicted octanol–water partition coefficient (Wildman–Crippen LogP) is 3.33. The second-order valence-electron chi connectivity index (χ2n) is 10.8. The molecule has 2 saturated heterocycles. The first-order valence-corrected chi connectivity index (χ1v) is 13.6. The van der Waals surface area contributed by atoms with E-state index in [-0.39, 0.29) is 5.91 Å². The summed E-state index contributed by atoms with van der Waals surface area (Å²) < 4.78 is 11.2. The van der Waals surface area contributed by atoms with Crippen molar-refractivity contribution in [3.63, 3.8) is 0 Å². The topological polar surface area (TPSA) is 66.9 Å². The third-order valence-corrected chi connectivity index (χ3v) is 8.35. The molecule has 1 N–H and O–H groups in total. The Hall–Kier alpha value is -1.86. The van der Waals surface area contributed by atoms with Crippen molar-refractivity contribution in [2.75, 3.05) is 57.4 Å². The number of hydrogen-bond donors (Lipinski definition) is 1. The molecule has 4 aliphatic rings. The summed E-state index contributed by atoms with van der Waals surface area (Å²) >= 11 is 0. The van der Waals surface area contributed by atoms with E-state index in [0.717, 1.165) is 101 Å². The third-order valence-electron chi connectivity index (χ3n) is 8.35. The molecule has 7 nitrogen and oxygen atoms in total. The number of ether oxygens (including phenoxy) is 2. The Bertz CT molecular complexity index is 825. The molecule has 1 aromatic rings. The molecule has 3 aliphatic heterocycles. The number of hydrogen-bond acceptors (Lipinski definition) is 6. The van der Waals surface area contributed by atoms with Gasteiger partial charge >= 0.3 is 0 Å². The Morgan fingerprint density at radius 3 is 2.56 bits per heavy atom. The van der Waals surface area contributed by atoms with Crippen molar-refractivity contribution in [1.82, 2.24) is 15.2 Å². The largest absolute Gasteiger partial charge is 0.493 e. The van der Waals surface area contributed by atoms with Crippen LogP contribution in [0.3, 0.4) is 0 Å². The maximum Gasteiger partial charge on any atom is 0.220 e. The molecule has 34 heavy (non-hydrogen) atoms. The Balaban J connectivity index is 0.994. The number of carbonyl (C=O) groups excluding carboxylic acids is 1. The van der Waals surface area contributed by atoms with E-state index in [0.29, 0.717) is 18.4 Å². The summed E-state index contributed by atoms with van der Waals surface area (Å²) in [5.74, 6) is 3.78. The first-order valence-electron chi connectivity index (χ1n) is 13.6. The normalized spacial score (nSPS) is 26.2. The summed E-state index contributed by atoms with van der Waals surface area (Å²) in [6.45, 7) is 10.0. The van der Waals surface area contributed by atoms with E-state index in [1.807, 2.05) is 0 Å². The lowest BCUT2D eigenvalue weighted by atomic mass is 9.83. The number of rotatable bonds is 7. The van der Waals surface area contributed by atoms with Crippen molar-refractivity contribution in [3.05, 3.63) is 17.3 Å². The van der Waals surface area contributed by atoms with Crippen LogP contribution in [-0.2, 0) is 16.0 Å². The van der Waals surface area contributed by atoms with Crippen LogP contribution in [0.4, 0.5) is 5.82 Å². The first kappa shape index (κ1) is 23.9. The summed E-state index contributed by atoms with van der Waals surface area (Å²) in [6.07, 6.45) is 9.81. The number of nitrogens with zero attached hydrogens (tertiary/aromatic N) is 3. The number of anilines is 1. The zero-order valence-corrected chi connectivity index (χ0v) is 20.9. The molecule has 4 heterocycles. The summed E-state index contributed by atoms with van der Waals surface area (Å²) in [5, 5.41) is 3.32. The Labute approximate surface area is 204 Å². The van der Waals surface area contributed by atoms with E-state index >= 15 is 0 Å². The van der Waals surface area contributed by atoms with Crippen molar-refractivity contribution < 1.29 is 14.3 Å². The molecular weight excluding hydrogens is 428 g/mol. The number of nitrogens with one attached hydrogen (secondary N) is 1. The number of carbonyl (C=O) groups is 1. The van der Waals surface area contributed by atoms with Crippen molar-refractivity contribution in [2.45, 2.75) is 70.8 Å². The molecular formula is C27H42N4O3. The van der Waals surface area contributed by atoms with Gasteiger partial charge in [0.2, 0.25) is 5.91 Å². The molecule has 188 valence electrons. The fourth-order valence-corrected chi connectivity index (χ4v) is 6.19. The van der Waals surface area contributed by atoms with E-state index in [4.69, 9.17) is 14.5 Å². The van der Waals surface area contributed by atoms with Crippen molar-refractivity contribution in [1.29, 1.82) is 0 Å². The molecule has 1 amide bonds. The predicted molar refractivity (Wildman–Crippen MR) is 133 cm³/mol. The van der Waals surface area contributed by atoms with Crippen LogP contribution in [0.1, 0.15) is 62.6 Å². The number of piperazine rings is 1. The van der Waals surface area contributed by atoms with Crippen molar-refractivity contribution >= 4 is 11.7 Å². The van der Waals surface area contributed by atoms with E-state index in [9.17, 15) is 4.79 Å². The van der Waals surface area contributed by atoms with Gasteiger partial charge in [-0.15, -0.1) is 0 Å². The van der Waals surface area contributed by atoms with Crippen LogP contribution in [0, 0.1) is 18.8 Å². The number of pyridine rings is 1. The van der Waals surface area contributed by atoms with Crippen molar-refractivity contribution in [2.24, 2.45) is 11.8 Å². The standard InChI is InChI=1S/C27H42N4O3/c1-20-18-25-24(9-17-34-25)27(28-20)31-13-11-30(12-14-31)10-6-21-2-4-23(5-3-21)29-26(32)19-22-7-15-33-16-8-22/h18,21-23H,2-17,19H2,1H3,(H,29,32).